The molecule has 77 valence electrons. The van der Waals surface area contributed by atoms with Crippen molar-refractivity contribution in [2.75, 3.05) is 0 Å². The van der Waals surface area contributed by atoms with E-state index in [4.69, 9.17) is 0 Å². The first kappa shape index (κ1) is 9.75. The Balaban J connectivity index is 1.90. The number of hydrogen-bond donors (Lipinski definition) is 0. The van der Waals surface area contributed by atoms with Gasteiger partial charge in [-0.3, -0.25) is 4.68 Å². The van der Waals surface area contributed by atoms with Crippen LogP contribution >= 0.6 is 0 Å². The van der Waals surface area contributed by atoms with Crippen molar-refractivity contribution in [1.82, 2.24) is 9.78 Å². The first-order chi connectivity index (χ1) is 6.75. The van der Waals surface area contributed by atoms with Crippen molar-refractivity contribution in [3.8, 4) is 0 Å². The summed E-state index contributed by atoms with van der Waals surface area (Å²) in [6.45, 7) is 5.57. The highest BCUT2D eigenvalue weighted by atomic mass is 15.3. The summed E-state index contributed by atoms with van der Waals surface area (Å²) >= 11 is 0. The molecule has 0 aromatic carbocycles. The van der Waals surface area contributed by atoms with Gasteiger partial charge in [0.05, 0.1) is 0 Å². The molecule has 1 aliphatic rings. The molecule has 14 heavy (non-hydrogen) atoms. The Morgan fingerprint density at radius 3 is 3.00 bits per heavy atom. The van der Waals surface area contributed by atoms with Crippen molar-refractivity contribution >= 4 is 0 Å². The van der Waals surface area contributed by atoms with E-state index < -0.39 is 0 Å². The fourth-order valence-electron chi connectivity index (χ4n) is 1.67. The molecule has 0 amide bonds. The van der Waals surface area contributed by atoms with Crippen LogP contribution < -0.4 is 0 Å². The predicted molar refractivity (Wildman–Crippen MR) is 56.9 cm³/mol. The van der Waals surface area contributed by atoms with Crippen LogP contribution in [0.5, 0.6) is 0 Å². The topological polar surface area (TPSA) is 17.8 Å². The minimum atomic E-state index is 0.757. The summed E-state index contributed by atoms with van der Waals surface area (Å²) in [6, 6.07) is 2.05. The van der Waals surface area contributed by atoms with E-state index in [-0.39, 0.29) is 0 Å². The first-order valence-corrected chi connectivity index (χ1v) is 5.68. The highest BCUT2D eigenvalue weighted by Crippen LogP contribution is 2.32. The summed E-state index contributed by atoms with van der Waals surface area (Å²) in [6.07, 6.45) is 8.22. The van der Waals surface area contributed by atoms with E-state index in [1.165, 1.54) is 31.4 Å². The highest BCUT2D eigenvalue weighted by Gasteiger charge is 2.22. The van der Waals surface area contributed by atoms with Gasteiger partial charge in [0.1, 0.15) is 6.20 Å². The molecule has 1 aromatic rings. The van der Waals surface area contributed by atoms with Gasteiger partial charge in [-0.1, -0.05) is 13.8 Å². The summed E-state index contributed by atoms with van der Waals surface area (Å²) in [5.41, 5.74) is 1.38. The summed E-state index contributed by atoms with van der Waals surface area (Å²) in [7, 11) is 0. The lowest BCUT2D eigenvalue weighted by atomic mass is 10.1. The SMILES string of the molecule is CC(C)CCn1n[c]cc1CC1CC1. The predicted octanol–water partition coefficient (Wildman–Crippen LogP) is 2.68. The van der Waals surface area contributed by atoms with E-state index in [2.05, 4.69) is 35.9 Å². The maximum absolute atomic E-state index is 4.26. The van der Waals surface area contributed by atoms with E-state index in [0.29, 0.717) is 0 Å². The third-order valence-corrected chi connectivity index (χ3v) is 2.85. The lowest BCUT2D eigenvalue weighted by Crippen LogP contribution is -2.07. The second kappa shape index (κ2) is 4.16. The van der Waals surface area contributed by atoms with Crippen LogP contribution in [-0.4, -0.2) is 9.78 Å². The Morgan fingerprint density at radius 1 is 1.57 bits per heavy atom. The van der Waals surface area contributed by atoms with Gasteiger partial charge in [-0.15, -0.1) is 0 Å². The smallest absolute Gasteiger partial charge is 0.113 e. The molecule has 1 radical (unpaired) electrons. The second-order valence-electron chi connectivity index (χ2n) is 4.82. The van der Waals surface area contributed by atoms with Gasteiger partial charge < -0.3 is 0 Å². The van der Waals surface area contributed by atoms with E-state index >= 15 is 0 Å². The van der Waals surface area contributed by atoms with Gasteiger partial charge in [0, 0.05) is 12.2 Å². The van der Waals surface area contributed by atoms with Gasteiger partial charge in [0.15, 0.2) is 0 Å². The van der Waals surface area contributed by atoms with Crippen molar-refractivity contribution in [3.05, 3.63) is 18.0 Å². The van der Waals surface area contributed by atoms with Crippen molar-refractivity contribution in [2.45, 2.75) is 46.1 Å². The fraction of sp³-hybridized carbons (Fsp3) is 0.750. The fourth-order valence-corrected chi connectivity index (χ4v) is 1.67. The van der Waals surface area contributed by atoms with Crippen molar-refractivity contribution < 1.29 is 0 Å². The maximum Gasteiger partial charge on any atom is 0.113 e. The van der Waals surface area contributed by atoms with Crippen molar-refractivity contribution in [3.63, 3.8) is 0 Å². The van der Waals surface area contributed by atoms with E-state index in [9.17, 15) is 0 Å². The Morgan fingerprint density at radius 2 is 2.36 bits per heavy atom. The van der Waals surface area contributed by atoms with Crippen LogP contribution in [0.25, 0.3) is 0 Å². The average Bonchev–Trinajstić information content (AvgIpc) is 2.81. The maximum atomic E-state index is 4.26. The van der Waals surface area contributed by atoms with Gasteiger partial charge >= 0.3 is 0 Å². The Kier molecular flexibility index (Phi) is 2.90. The zero-order valence-corrected chi connectivity index (χ0v) is 9.16. The number of aryl methyl sites for hydroxylation is 1. The molecule has 0 bridgehead atoms. The summed E-state index contributed by atoms with van der Waals surface area (Å²) in [5, 5.41) is 4.26. The van der Waals surface area contributed by atoms with E-state index in [0.717, 1.165) is 18.4 Å². The Hall–Kier alpha value is -0.790. The summed E-state index contributed by atoms with van der Waals surface area (Å²) in [5.74, 6) is 1.70. The second-order valence-corrected chi connectivity index (χ2v) is 4.82. The van der Waals surface area contributed by atoms with E-state index in [1.807, 2.05) is 0 Å². The number of rotatable bonds is 5. The lowest BCUT2D eigenvalue weighted by Gasteiger charge is -2.08. The van der Waals surface area contributed by atoms with Gasteiger partial charge in [-0.2, -0.15) is 5.10 Å². The van der Waals surface area contributed by atoms with Crippen molar-refractivity contribution in [2.24, 2.45) is 11.8 Å². The molecule has 0 spiro atoms. The molecule has 0 aliphatic heterocycles. The molecule has 2 nitrogen and oxygen atoms in total. The largest absolute Gasteiger partial charge is 0.269 e. The molecule has 1 aliphatic carbocycles. The molecule has 1 heterocycles. The third kappa shape index (κ3) is 2.60. The van der Waals surface area contributed by atoms with E-state index in [1.54, 1.807) is 0 Å². The van der Waals surface area contributed by atoms with Gasteiger partial charge in [0.25, 0.3) is 0 Å². The minimum Gasteiger partial charge on any atom is -0.269 e. The number of aromatic nitrogens is 2. The van der Waals surface area contributed by atoms with Gasteiger partial charge in [0.2, 0.25) is 0 Å². The Labute approximate surface area is 86.3 Å². The molecular formula is C12H19N2. The molecule has 1 saturated carbocycles. The zero-order valence-electron chi connectivity index (χ0n) is 9.16. The molecule has 0 unspecified atom stereocenters. The molecule has 2 heteroatoms. The van der Waals surface area contributed by atoms with Crippen LogP contribution in [0.1, 0.15) is 38.8 Å². The third-order valence-electron chi connectivity index (χ3n) is 2.85. The molecule has 0 atom stereocenters. The van der Waals surface area contributed by atoms with Gasteiger partial charge in [-0.05, 0) is 43.6 Å². The molecular weight excluding hydrogens is 172 g/mol. The quantitative estimate of drug-likeness (QED) is 0.699. The van der Waals surface area contributed by atoms with Crippen LogP contribution in [0, 0.1) is 18.0 Å². The normalized spacial score (nSPS) is 16.5. The van der Waals surface area contributed by atoms with Crippen LogP contribution in [0.3, 0.4) is 0 Å². The molecule has 0 N–H and O–H groups in total. The van der Waals surface area contributed by atoms with Crippen molar-refractivity contribution in [1.29, 1.82) is 0 Å². The molecule has 2 rings (SSSR count). The lowest BCUT2D eigenvalue weighted by molar-refractivity contribution is 0.472. The molecule has 1 fully saturated rings. The Bertz CT molecular complexity index is 284. The van der Waals surface area contributed by atoms with Crippen LogP contribution in [0.15, 0.2) is 6.07 Å². The van der Waals surface area contributed by atoms with Crippen LogP contribution in [-0.2, 0) is 13.0 Å². The minimum absolute atomic E-state index is 0.757. The molecule has 0 saturated heterocycles. The monoisotopic (exact) mass is 191 g/mol. The average molecular weight is 191 g/mol. The molecule has 1 aromatic heterocycles. The summed E-state index contributed by atoms with van der Waals surface area (Å²) < 4.78 is 2.14. The standard InChI is InChI=1S/C12H19N2/c1-10(2)6-8-14-12(5-7-13-14)9-11-3-4-11/h5,10-11H,3-4,6,8-9H2,1-2H3. The zero-order chi connectivity index (χ0) is 9.97. The van der Waals surface area contributed by atoms with Crippen LogP contribution in [0.2, 0.25) is 0 Å². The first-order valence-electron chi connectivity index (χ1n) is 5.68. The number of nitrogens with zero attached hydrogens (tertiary/aromatic N) is 2. The van der Waals surface area contributed by atoms with Crippen LogP contribution in [0.4, 0.5) is 0 Å². The number of hydrogen-bond acceptors (Lipinski definition) is 1. The summed E-state index contributed by atoms with van der Waals surface area (Å²) in [4.78, 5) is 0. The highest BCUT2D eigenvalue weighted by molar-refractivity contribution is 5.03. The van der Waals surface area contributed by atoms with Gasteiger partial charge in [-0.25, -0.2) is 0 Å².